The average molecular weight is 234 g/mol. The molecule has 4 heteroatoms. The van der Waals surface area contributed by atoms with Crippen molar-refractivity contribution in [3.63, 3.8) is 0 Å². The number of likely N-dealkylation sites (tertiary alicyclic amines) is 1. The third-order valence-electron chi connectivity index (χ3n) is 3.73. The zero-order chi connectivity index (χ0) is 9.97. The monoisotopic (exact) mass is 233 g/mol. The van der Waals surface area contributed by atoms with Crippen LogP contribution in [0.2, 0.25) is 0 Å². The van der Waals surface area contributed by atoms with Crippen LogP contribution >= 0.6 is 12.4 Å². The normalized spacial score (nSPS) is 37.6. The Morgan fingerprint density at radius 3 is 2.80 bits per heavy atom. The molecule has 2 heterocycles. The van der Waals surface area contributed by atoms with Crippen LogP contribution in [-0.2, 0) is 0 Å². The van der Waals surface area contributed by atoms with Gasteiger partial charge in [0, 0.05) is 19.1 Å². The van der Waals surface area contributed by atoms with E-state index in [1.54, 1.807) is 0 Å². The Morgan fingerprint density at radius 2 is 2.20 bits per heavy atom. The number of hydrogen-bond acceptors (Lipinski definition) is 3. The van der Waals surface area contributed by atoms with Crippen LogP contribution in [0.5, 0.6) is 0 Å². The second-order valence-corrected chi connectivity index (χ2v) is 5.05. The number of hydrogen-bond donors (Lipinski definition) is 2. The summed E-state index contributed by atoms with van der Waals surface area (Å²) < 4.78 is 0. The van der Waals surface area contributed by atoms with Crippen molar-refractivity contribution in [1.29, 1.82) is 0 Å². The summed E-state index contributed by atoms with van der Waals surface area (Å²) in [5, 5.41) is 3.43. The highest BCUT2D eigenvalue weighted by Crippen LogP contribution is 2.18. The molecule has 0 bridgehead atoms. The topological polar surface area (TPSA) is 41.3 Å². The molecule has 0 aromatic carbocycles. The van der Waals surface area contributed by atoms with E-state index in [0.717, 1.165) is 5.92 Å². The molecule has 0 spiro atoms. The molecule has 0 amide bonds. The summed E-state index contributed by atoms with van der Waals surface area (Å²) in [6.07, 6.45) is 2.54. The lowest BCUT2D eigenvalue weighted by atomic mass is 9.94. The molecule has 90 valence electrons. The summed E-state index contributed by atoms with van der Waals surface area (Å²) in [6.45, 7) is 8.41. The van der Waals surface area contributed by atoms with Gasteiger partial charge in [0.05, 0.1) is 0 Å². The van der Waals surface area contributed by atoms with Crippen molar-refractivity contribution in [1.82, 2.24) is 10.2 Å². The largest absolute Gasteiger partial charge is 0.327 e. The van der Waals surface area contributed by atoms with Crippen LogP contribution in [0, 0.1) is 11.8 Å². The van der Waals surface area contributed by atoms with Gasteiger partial charge in [-0.25, -0.2) is 0 Å². The van der Waals surface area contributed by atoms with E-state index in [-0.39, 0.29) is 12.4 Å². The highest BCUT2D eigenvalue weighted by molar-refractivity contribution is 5.85. The van der Waals surface area contributed by atoms with Gasteiger partial charge in [-0.3, -0.25) is 0 Å². The molecule has 0 aliphatic carbocycles. The molecule has 2 aliphatic rings. The molecule has 15 heavy (non-hydrogen) atoms. The minimum Gasteiger partial charge on any atom is -0.327 e. The average Bonchev–Trinajstić information content (AvgIpc) is 2.64. The highest BCUT2D eigenvalue weighted by Gasteiger charge is 2.25. The van der Waals surface area contributed by atoms with Gasteiger partial charge in [0.15, 0.2) is 0 Å². The third-order valence-corrected chi connectivity index (χ3v) is 3.73. The van der Waals surface area contributed by atoms with E-state index in [1.807, 2.05) is 0 Å². The quantitative estimate of drug-likeness (QED) is 0.738. The van der Waals surface area contributed by atoms with Gasteiger partial charge in [0.2, 0.25) is 0 Å². The first kappa shape index (κ1) is 13.2. The van der Waals surface area contributed by atoms with Gasteiger partial charge in [-0.15, -0.1) is 12.4 Å². The Labute approximate surface area is 99.2 Å². The fourth-order valence-corrected chi connectivity index (χ4v) is 2.65. The van der Waals surface area contributed by atoms with Gasteiger partial charge in [-0.2, -0.15) is 0 Å². The molecule has 2 aliphatic heterocycles. The predicted molar refractivity (Wildman–Crippen MR) is 66.4 cm³/mol. The molecule has 3 atom stereocenters. The molecule has 2 rings (SSSR count). The second-order valence-electron chi connectivity index (χ2n) is 5.05. The van der Waals surface area contributed by atoms with E-state index in [9.17, 15) is 0 Å². The maximum atomic E-state index is 6.01. The molecule has 0 aromatic rings. The molecule has 2 fully saturated rings. The molecule has 0 aromatic heterocycles. The van der Waals surface area contributed by atoms with Crippen LogP contribution in [0.1, 0.15) is 19.8 Å². The Hall–Kier alpha value is 0.170. The SMILES string of the molecule is CC1CN(CC2CCNC2)CCC1N.Cl. The van der Waals surface area contributed by atoms with Gasteiger partial charge in [-0.1, -0.05) is 6.92 Å². The maximum Gasteiger partial charge on any atom is 0.00889 e. The first-order chi connectivity index (χ1) is 6.75. The summed E-state index contributed by atoms with van der Waals surface area (Å²) in [4.78, 5) is 2.60. The van der Waals surface area contributed by atoms with Crippen molar-refractivity contribution >= 4 is 12.4 Å². The van der Waals surface area contributed by atoms with E-state index >= 15 is 0 Å². The summed E-state index contributed by atoms with van der Waals surface area (Å²) >= 11 is 0. The van der Waals surface area contributed by atoms with Gasteiger partial charge in [0.1, 0.15) is 0 Å². The molecular weight excluding hydrogens is 210 g/mol. The first-order valence-corrected chi connectivity index (χ1v) is 5.94. The molecule has 2 saturated heterocycles. The number of halogens is 1. The smallest absolute Gasteiger partial charge is 0.00889 e. The van der Waals surface area contributed by atoms with Crippen molar-refractivity contribution < 1.29 is 0 Å². The number of piperidine rings is 1. The number of nitrogens with one attached hydrogen (secondary N) is 1. The van der Waals surface area contributed by atoms with E-state index in [4.69, 9.17) is 5.73 Å². The van der Waals surface area contributed by atoms with Crippen molar-refractivity contribution in [2.45, 2.75) is 25.8 Å². The Kier molecular flexibility index (Phi) is 5.33. The first-order valence-electron chi connectivity index (χ1n) is 5.94. The van der Waals surface area contributed by atoms with Crippen LogP contribution in [0.15, 0.2) is 0 Å². The highest BCUT2D eigenvalue weighted by atomic mass is 35.5. The molecule has 0 saturated carbocycles. The summed E-state index contributed by atoms with van der Waals surface area (Å²) in [7, 11) is 0. The molecular formula is C11H24ClN3. The van der Waals surface area contributed by atoms with Gasteiger partial charge in [-0.05, 0) is 44.3 Å². The standard InChI is InChI=1S/C11H23N3.ClH/c1-9-7-14(5-3-11(9)12)8-10-2-4-13-6-10;/h9-11,13H,2-8,12H2,1H3;1H. The van der Waals surface area contributed by atoms with E-state index in [0.29, 0.717) is 12.0 Å². The van der Waals surface area contributed by atoms with Gasteiger partial charge >= 0.3 is 0 Å². The van der Waals surface area contributed by atoms with E-state index in [1.165, 1.54) is 45.6 Å². The fourth-order valence-electron chi connectivity index (χ4n) is 2.65. The van der Waals surface area contributed by atoms with Crippen LogP contribution in [-0.4, -0.2) is 43.7 Å². The lowest BCUT2D eigenvalue weighted by Crippen LogP contribution is -2.47. The van der Waals surface area contributed by atoms with Crippen LogP contribution < -0.4 is 11.1 Å². The second kappa shape index (κ2) is 6.04. The molecule has 3 unspecified atom stereocenters. The van der Waals surface area contributed by atoms with Crippen molar-refractivity contribution in [3.05, 3.63) is 0 Å². The zero-order valence-corrected chi connectivity index (χ0v) is 10.4. The summed E-state index contributed by atoms with van der Waals surface area (Å²) in [6, 6.07) is 0.438. The lowest BCUT2D eigenvalue weighted by molar-refractivity contribution is 0.146. The molecule has 0 radical (unpaired) electrons. The van der Waals surface area contributed by atoms with Crippen LogP contribution in [0.4, 0.5) is 0 Å². The molecule has 3 nitrogen and oxygen atoms in total. The lowest BCUT2D eigenvalue weighted by Gasteiger charge is -2.36. The summed E-state index contributed by atoms with van der Waals surface area (Å²) in [5.74, 6) is 1.56. The van der Waals surface area contributed by atoms with Crippen molar-refractivity contribution in [3.8, 4) is 0 Å². The third kappa shape index (κ3) is 3.59. The minimum atomic E-state index is 0. The fraction of sp³-hybridized carbons (Fsp3) is 1.00. The van der Waals surface area contributed by atoms with E-state index < -0.39 is 0 Å². The zero-order valence-electron chi connectivity index (χ0n) is 9.61. The van der Waals surface area contributed by atoms with Gasteiger partial charge in [0.25, 0.3) is 0 Å². The van der Waals surface area contributed by atoms with Crippen molar-refractivity contribution in [2.75, 3.05) is 32.7 Å². The number of nitrogens with zero attached hydrogens (tertiary/aromatic N) is 1. The minimum absolute atomic E-state index is 0. The Morgan fingerprint density at radius 1 is 1.40 bits per heavy atom. The van der Waals surface area contributed by atoms with Crippen molar-refractivity contribution in [2.24, 2.45) is 17.6 Å². The Bertz CT molecular complexity index is 183. The number of rotatable bonds is 2. The number of nitrogens with two attached hydrogens (primary N) is 1. The van der Waals surface area contributed by atoms with E-state index in [2.05, 4.69) is 17.1 Å². The Balaban J connectivity index is 0.00000112. The summed E-state index contributed by atoms with van der Waals surface area (Å²) in [5.41, 5.74) is 6.01. The van der Waals surface area contributed by atoms with Gasteiger partial charge < -0.3 is 16.0 Å². The van der Waals surface area contributed by atoms with Crippen LogP contribution in [0.3, 0.4) is 0 Å². The van der Waals surface area contributed by atoms with Crippen LogP contribution in [0.25, 0.3) is 0 Å². The molecule has 3 N–H and O–H groups in total. The maximum absolute atomic E-state index is 6.01. The predicted octanol–water partition coefficient (Wildman–Crippen LogP) is 0.687.